The van der Waals surface area contributed by atoms with Crippen LogP contribution in [0.5, 0.6) is 0 Å². The van der Waals surface area contributed by atoms with Crippen LogP contribution in [0, 0.1) is 6.92 Å². The van der Waals surface area contributed by atoms with Crippen molar-refractivity contribution in [3.8, 4) is 0 Å². The van der Waals surface area contributed by atoms with Gasteiger partial charge in [0.25, 0.3) is 0 Å². The minimum atomic E-state index is -1.12. The number of ether oxygens (including phenoxy) is 1. The predicted molar refractivity (Wildman–Crippen MR) is 114 cm³/mol. The van der Waals surface area contributed by atoms with E-state index in [1.54, 1.807) is 41.1 Å². The summed E-state index contributed by atoms with van der Waals surface area (Å²) < 4.78 is 7.19. The number of nitrogens with zero attached hydrogens (tertiary/aromatic N) is 3. The Kier molecular flexibility index (Phi) is 5.59. The molecule has 0 saturated carbocycles. The van der Waals surface area contributed by atoms with E-state index in [4.69, 9.17) is 16.3 Å². The van der Waals surface area contributed by atoms with E-state index in [0.717, 1.165) is 11.1 Å². The number of halogens is 1. The van der Waals surface area contributed by atoms with Crippen molar-refractivity contribution in [1.29, 1.82) is 0 Å². The monoisotopic (exact) mass is 419 g/mol. The fraction of sp³-hybridized carbons (Fsp3) is 0.130. The average molecular weight is 420 g/mol. The van der Waals surface area contributed by atoms with Gasteiger partial charge < -0.3 is 4.74 Å². The van der Waals surface area contributed by atoms with Crippen LogP contribution in [-0.2, 0) is 11.3 Å². The first-order valence-corrected chi connectivity index (χ1v) is 9.75. The van der Waals surface area contributed by atoms with E-state index in [9.17, 15) is 9.59 Å². The normalized spacial score (nSPS) is 11.9. The van der Waals surface area contributed by atoms with E-state index in [1.165, 1.54) is 0 Å². The lowest BCUT2D eigenvalue weighted by atomic mass is 10.1. The van der Waals surface area contributed by atoms with Crippen LogP contribution in [0.15, 0.2) is 72.8 Å². The molecule has 0 aliphatic heterocycles. The minimum Gasteiger partial charge on any atom is -0.448 e. The molecule has 0 fully saturated rings. The summed E-state index contributed by atoms with van der Waals surface area (Å²) in [4.78, 5) is 26.0. The van der Waals surface area contributed by atoms with E-state index in [0.29, 0.717) is 16.1 Å². The van der Waals surface area contributed by atoms with Gasteiger partial charge >= 0.3 is 5.97 Å². The van der Waals surface area contributed by atoms with Crippen LogP contribution >= 0.6 is 11.6 Å². The van der Waals surface area contributed by atoms with Gasteiger partial charge in [-0.3, -0.25) is 4.79 Å². The summed E-state index contributed by atoms with van der Waals surface area (Å²) in [5.41, 5.74) is 3.09. The zero-order valence-electron chi connectivity index (χ0n) is 16.2. The van der Waals surface area contributed by atoms with Gasteiger partial charge in [-0.25, -0.2) is 9.48 Å². The molecule has 6 nitrogen and oxygen atoms in total. The minimum absolute atomic E-state index is 0.0160. The van der Waals surface area contributed by atoms with Crippen molar-refractivity contribution in [3.05, 3.63) is 94.5 Å². The zero-order valence-corrected chi connectivity index (χ0v) is 16.9. The Morgan fingerprint density at radius 2 is 1.70 bits per heavy atom. The number of rotatable bonds is 6. The average Bonchev–Trinajstić information content (AvgIpc) is 3.16. The number of ketones is 1. The SMILES string of the molecule is Cc1ccc(C(=O)O[C@@H](Cn2nnc3ccccc32)C(=O)c2ccccc2Cl)cc1. The molecule has 0 spiro atoms. The summed E-state index contributed by atoms with van der Waals surface area (Å²) in [6.45, 7) is 1.94. The molecule has 4 rings (SSSR count). The lowest BCUT2D eigenvalue weighted by Crippen LogP contribution is -2.32. The van der Waals surface area contributed by atoms with E-state index in [-0.39, 0.29) is 12.1 Å². The Labute approximate surface area is 178 Å². The molecule has 0 bridgehead atoms. The maximum atomic E-state index is 13.2. The molecule has 1 aromatic heterocycles. The maximum Gasteiger partial charge on any atom is 0.338 e. The van der Waals surface area contributed by atoms with Gasteiger partial charge in [0.05, 0.1) is 22.6 Å². The van der Waals surface area contributed by atoms with Crippen LogP contribution in [0.3, 0.4) is 0 Å². The molecule has 0 saturated heterocycles. The molecule has 7 heteroatoms. The fourth-order valence-corrected chi connectivity index (χ4v) is 3.33. The lowest BCUT2D eigenvalue weighted by molar-refractivity contribution is 0.0245. The molecule has 4 aromatic rings. The number of benzene rings is 3. The van der Waals surface area contributed by atoms with Gasteiger partial charge in [-0.1, -0.05) is 58.8 Å². The molecule has 30 heavy (non-hydrogen) atoms. The van der Waals surface area contributed by atoms with Crippen molar-refractivity contribution >= 4 is 34.4 Å². The standard InChI is InChI=1S/C23H18ClN3O3/c1-15-10-12-16(13-11-15)23(29)30-21(22(28)17-6-2-3-7-18(17)24)14-27-20-9-5-4-8-19(20)25-26-27/h2-13,21H,14H2,1H3/t21-/m0/s1. The van der Waals surface area contributed by atoms with E-state index < -0.39 is 17.9 Å². The number of para-hydroxylation sites is 1. The third kappa shape index (κ3) is 4.09. The number of aryl methyl sites for hydroxylation is 1. The second-order valence-electron chi connectivity index (χ2n) is 6.86. The highest BCUT2D eigenvalue weighted by Gasteiger charge is 2.28. The molecule has 0 N–H and O–H groups in total. The number of hydrogen-bond donors (Lipinski definition) is 0. The number of hydrogen-bond acceptors (Lipinski definition) is 5. The zero-order chi connectivity index (χ0) is 21.1. The molecule has 0 aliphatic rings. The number of Topliss-reactive ketones (excluding diaryl/α,β-unsaturated/α-hetero) is 1. The molecule has 0 aliphatic carbocycles. The number of carbonyl (C=O) groups excluding carboxylic acids is 2. The largest absolute Gasteiger partial charge is 0.448 e. The molecular formula is C23H18ClN3O3. The Hall–Kier alpha value is -3.51. The van der Waals surface area contributed by atoms with Crippen molar-refractivity contribution in [2.24, 2.45) is 0 Å². The van der Waals surface area contributed by atoms with Gasteiger partial charge in [0, 0.05) is 5.56 Å². The number of aromatic nitrogens is 3. The van der Waals surface area contributed by atoms with Crippen molar-refractivity contribution in [1.82, 2.24) is 15.0 Å². The summed E-state index contributed by atoms with van der Waals surface area (Å²) >= 11 is 6.21. The Morgan fingerprint density at radius 1 is 1.00 bits per heavy atom. The quantitative estimate of drug-likeness (QED) is 0.340. The fourth-order valence-electron chi connectivity index (χ4n) is 3.10. The first-order chi connectivity index (χ1) is 14.5. The van der Waals surface area contributed by atoms with Crippen LogP contribution in [0.25, 0.3) is 11.0 Å². The summed E-state index contributed by atoms with van der Waals surface area (Å²) in [7, 11) is 0. The molecule has 0 radical (unpaired) electrons. The third-order valence-corrected chi connectivity index (χ3v) is 5.06. The smallest absolute Gasteiger partial charge is 0.338 e. The molecule has 150 valence electrons. The lowest BCUT2D eigenvalue weighted by Gasteiger charge is -2.18. The van der Waals surface area contributed by atoms with Gasteiger partial charge in [0.2, 0.25) is 5.78 Å². The number of fused-ring (bicyclic) bond motifs is 1. The Balaban J connectivity index is 1.67. The summed E-state index contributed by atoms with van der Waals surface area (Å²) in [5.74, 6) is -0.995. The van der Waals surface area contributed by atoms with Crippen LogP contribution in [0.1, 0.15) is 26.3 Å². The maximum absolute atomic E-state index is 13.2. The summed E-state index contributed by atoms with van der Waals surface area (Å²) in [6.07, 6.45) is -1.12. The van der Waals surface area contributed by atoms with Crippen LogP contribution < -0.4 is 0 Å². The van der Waals surface area contributed by atoms with Crippen LogP contribution in [0.2, 0.25) is 5.02 Å². The second kappa shape index (κ2) is 8.47. The van der Waals surface area contributed by atoms with Gasteiger partial charge in [0.15, 0.2) is 6.10 Å². The van der Waals surface area contributed by atoms with Crippen molar-refractivity contribution < 1.29 is 14.3 Å². The van der Waals surface area contributed by atoms with E-state index in [2.05, 4.69) is 10.3 Å². The van der Waals surface area contributed by atoms with Crippen LogP contribution in [-0.4, -0.2) is 32.9 Å². The van der Waals surface area contributed by atoms with Crippen molar-refractivity contribution in [2.45, 2.75) is 19.6 Å². The second-order valence-corrected chi connectivity index (χ2v) is 7.27. The molecular weight excluding hydrogens is 402 g/mol. The van der Waals surface area contributed by atoms with Gasteiger partial charge in [-0.15, -0.1) is 5.10 Å². The first-order valence-electron chi connectivity index (χ1n) is 9.37. The highest BCUT2D eigenvalue weighted by Crippen LogP contribution is 2.20. The summed E-state index contributed by atoms with van der Waals surface area (Å²) in [5, 5.41) is 8.51. The van der Waals surface area contributed by atoms with Crippen molar-refractivity contribution in [3.63, 3.8) is 0 Å². The number of carbonyl (C=O) groups is 2. The van der Waals surface area contributed by atoms with Crippen molar-refractivity contribution in [2.75, 3.05) is 0 Å². The van der Waals surface area contributed by atoms with Gasteiger partial charge in [0.1, 0.15) is 5.52 Å². The Bertz CT molecular complexity index is 1220. The van der Waals surface area contributed by atoms with E-state index in [1.807, 2.05) is 43.3 Å². The first kappa shape index (κ1) is 19.8. The predicted octanol–water partition coefficient (Wildman–Crippen LogP) is 4.50. The third-order valence-electron chi connectivity index (χ3n) is 4.73. The highest BCUT2D eigenvalue weighted by molar-refractivity contribution is 6.34. The molecule has 0 unspecified atom stereocenters. The molecule has 3 aromatic carbocycles. The highest BCUT2D eigenvalue weighted by atomic mass is 35.5. The molecule has 1 atom stereocenters. The van der Waals surface area contributed by atoms with Gasteiger partial charge in [-0.2, -0.15) is 0 Å². The number of esters is 1. The van der Waals surface area contributed by atoms with Crippen LogP contribution in [0.4, 0.5) is 0 Å². The summed E-state index contributed by atoms with van der Waals surface area (Å²) in [6, 6.07) is 21.0. The van der Waals surface area contributed by atoms with Gasteiger partial charge in [-0.05, 0) is 43.3 Å². The van der Waals surface area contributed by atoms with E-state index >= 15 is 0 Å². The topological polar surface area (TPSA) is 74.1 Å². The Morgan fingerprint density at radius 3 is 2.47 bits per heavy atom. The molecule has 0 amide bonds. The molecule has 1 heterocycles.